The Morgan fingerprint density at radius 2 is 2.18 bits per heavy atom. The predicted molar refractivity (Wildman–Crippen MR) is 68.7 cm³/mol. The van der Waals surface area contributed by atoms with Crippen molar-refractivity contribution in [3.05, 3.63) is 16.6 Å². The minimum absolute atomic E-state index is 0.00825. The van der Waals surface area contributed by atoms with Crippen molar-refractivity contribution in [3.63, 3.8) is 0 Å². The minimum Gasteiger partial charge on any atom is -0.505 e. The van der Waals surface area contributed by atoms with Crippen molar-refractivity contribution in [3.8, 4) is 5.75 Å². The number of rotatable bonds is 3. The fraction of sp³-hybridized carbons (Fsp3) is 0.667. The first-order valence-electron chi connectivity index (χ1n) is 6.17. The highest BCUT2D eigenvalue weighted by Crippen LogP contribution is 2.28. The quantitative estimate of drug-likeness (QED) is 0.842. The maximum Gasteiger partial charge on any atom is 0.284 e. The van der Waals surface area contributed by atoms with Crippen LogP contribution in [0.5, 0.6) is 5.75 Å². The van der Waals surface area contributed by atoms with Gasteiger partial charge in [-0.2, -0.15) is 5.10 Å². The predicted octanol–water partition coefficient (Wildman–Crippen LogP) is 2.57. The largest absolute Gasteiger partial charge is 0.505 e. The molecule has 1 aliphatic rings. The van der Waals surface area contributed by atoms with Crippen molar-refractivity contribution in [1.29, 1.82) is 0 Å². The highest BCUT2D eigenvalue weighted by molar-refractivity contribution is 7.99. The molecule has 1 fully saturated rings. The van der Waals surface area contributed by atoms with Gasteiger partial charge in [-0.3, -0.25) is 4.79 Å². The molecular formula is C12H18N2O2S. The van der Waals surface area contributed by atoms with Gasteiger partial charge in [0.25, 0.3) is 5.56 Å². The summed E-state index contributed by atoms with van der Waals surface area (Å²) in [6.07, 6.45) is 7.02. The zero-order valence-corrected chi connectivity index (χ0v) is 10.9. The van der Waals surface area contributed by atoms with Crippen molar-refractivity contribution in [1.82, 2.24) is 9.78 Å². The topological polar surface area (TPSA) is 55.1 Å². The van der Waals surface area contributed by atoms with Gasteiger partial charge in [0, 0.05) is 0 Å². The van der Waals surface area contributed by atoms with Crippen LogP contribution in [0.4, 0.5) is 0 Å². The van der Waals surface area contributed by atoms with E-state index in [1.54, 1.807) is 4.68 Å². The molecule has 17 heavy (non-hydrogen) atoms. The second kappa shape index (κ2) is 5.58. The number of thioether (sulfide) groups is 1. The number of aromatic nitrogens is 2. The molecule has 4 nitrogen and oxygen atoms in total. The van der Waals surface area contributed by atoms with Crippen LogP contribution in [0.2, 0.25) is 0 Å². The lowest BCUT2D eigenvalue weighted by atomic mass is 9.96. The molecule has 0 saturated heterocycles. The second-order valence-corrected chi connectivity index (χ2v) is 5.61. The smallest absolute Gasteiger partial charge is 0.284 e. The molecule has 1 saturated carbocycles. The lowest BCUT2D eigenvalue weighted by molar-refractivity contribution is 0.311. The van der Waals surface area contributed by atoms with Crippen LogP contribution in [0, 0.1) is 0 Å². The zero-order chi connectivity index (χ0) is 12.3. The number of hydrogen-bond donors (Lipinski definition) is 1. The average Bonchev–Trinajstić information content (AvgIpc) is 2.36. The van der Waals surface area contributed by atoms with Gasteiger partial charge in [-0.05, 0) is 18.6 Å². The first-order chi connectivity index (χ1) is 8.24. The Morgan fingerprint density at radius 3 is 2.82 bits per heavy atom. The van der Waals surface area contributed by atoms with E-state index in [0.717, 1.165) is 31.4 Å². The van der Waals surface area contributed by atoms with Crippen molar-refractivity contribution in [2.75, 3.05) is 5.75 Å². The molecule has 0 unspecified atom stereocenters. The van der Waals surface area contributed by atoms with Crippen LogP contribution in [0.25, 0.3) is 0 Å². The van der Waals surface area contributed by atoms with Gasteiger partial charge in [0.2, 0.25) is 0 Å². The normalized spacial score (nSPS) is 17.2. The molecule has 0 bridgehead atoms. The molecule has 94 valence electrons. The monoisotopic (exact) mass is 254 g/mol. The lowest BCUT2D eigenvalue weighted by Crippen LogP contribution is -2.29. The number of hydrogen-bond acceptors (Lipinski definition) is 4. The van der Waals surface area contributed by atoms with Crippen LogP contribution in [0.1, 0.15) is 45.1 Å². The molecule has 0 amide bonds. The van der Waals surface area contributed by atoms with E-state index in [0.29, 0.717) is 4.90 Å². The first-order valence-corrected chi connectivity index (χ1v) is 7.16. The molecule has 1 aromatic rings. The number of aromatic hydroxyl groups is 1. The third kappa shape index (κ3) is 2.65. The van der Waals surface area contributed by atoms with Crippen LogP contribution in [-0.2, 0) is 0 Å². The summed E-state index contributed by atoms with van der Waals surface area (Å²) in [6, 6.07) is 0.216. The summed E-state index contributed by atoms with van der Waals surface area (Å²) in [5.74, 6) is 0.784. The summed E-state index contributed by atoms with van der Waals surface area (Å²) in [5, 5.41) is 13.7. The Balaban J connectivity index is 2.34. The zero-order valence-electron chi connectivity index (χ0n) is 10.1. The van der Waals surface area contributed by atoms with Crippen molar-refractivity contribution < 1.29 is 5.11 Å². The van der Waals surface area contributed by atoms with Crippen molar-refractivity contribution >= 4 is 11.8 Å². The van der Waals surface area contributed by atoms with Crippen LogP contribution < -0.4 is 5.56 Å². The van der Waals surface area contributed by atoms with E-state index in [-0.39, 0.29) is 17.4 Å². The highest BCUT2D eigenvalue weighted by Gasteiger charge is 2.20. The van der Waals surface area contributed by atoms with E-state index in [4.69, 9.17) is 0 Å². The van der Waals surface area contributed by atoms with E-state index in [2.05, 4.69) is 5.10 Å². The average molecular weight is 254 g/mol. The fourth-order valence-electron chi connectivity index (χ4n) is 2.31. The molecular weight excluding hydrogens is 236 g/mol. The van der Waals surface area contributed by atoms with Crippen LogP contribution >= 0.6 is 11.8 Å². The third-order valence-corrected chi connectivity index (χ3v) is 4.11. The van der Waals surface area contributed by atoms with Crippen LogP contribution in [0.15, 0.2) is 15.9 Å². The Morgan fingerprint density at radius 1 is 1.47 bits per heavy atom. The van der Waals surface area contributed by atoms with Crippen molar-refractivity contribution in [2.45, 2.75) is 50.0 Å². The van der Waals surface area contributed by atoms with Gasteiger partial charge < -0.3 is 5.11 Å². The summed E-state index contributed by atoms with van der Waals surface area (Å²) >= 11 is 1.38. The lowest BCUT2D eigenvalue weighted by Gasteiger charge is -2.23. The molecule has 0 spiro atoms. The van der Waals surface area contributed by atoms with Gasteiger partial charge in [-0.25, -0.2) is 4.68 Å². The minimum atomic E-state index is -0.135. The highest BCUT2D eigenvalue weighted by atomic mass is 32.2. The SMILES string of the molecule is CCSc1c(O)cnn(C2CCCCC2)c1=O. The van der Waals surface area contributed by atoms with Gasteiger partial charge in [-0.1, -0.05) is 26.2 Å². The van der Waals surface area contributed by atoms with E-state index >= 15 is 0 Å². The van der Waals surface area contributed by atoms with E-state index in [9.17, 15) is 9.90 Å². The number of nitrogens with zero attached hydrogens (tertiary/aromatic N) is 2. The molecule has 5 heteroatoms. The molecule has 2 rings (SSSR count). The molecule has 1 heterocycles. The Kier molecular flexibility index (Phi) is 4.10. The first kappa shape index (κ1) is 12.5. The van der Waals surface area contributed by atoms with E-state index in [1.165, 1.54) is 24.4 Å². The second-order valence-electron chi connectivity index (χ2n) is 4.33. The summed E-state index contributed by atoms with van der Waals surface area (Å²) in [4.78, 5) is 12.6. The summed E-state index contributed by atoms with van der Waals surface area (Å²) in [6.45, 7) is 1.97. The van der Waals surface area contributed by atoms with Crippen molar-refractivity contribution in [2.24, 2.45) is 0 Å². The molecule has 0 aliphatic heterocycles. The maximum absolute atomic E-state index is 12.2. The van der Waals surface area contributed by atoms with Gasteiger partial charge in [-0.15, -0.1) is 11.8 Å². The Labute approximate surface area is 105 Å². The van der Waals surface area contributed by atoms with Crippen LogP contribution in [0.3, 0.4) is 0 Å². The summed E-state index contributed by atoms with van der Waals surface area (Å²) in [5.41, 5.74) is -0.135. The molecule has 1 aromatic heterocycles. The summed E-state index contributed by atoms with van der Waals surface area (Å²) in [7, 11) is 0. The standard InChI is InChI=1S/C12H18N2O2S/c1-2-17-11-10(15)8-13-14(12(11)16)9-6-4-3-5-7-9/h8-9,15H,2-7H2,1H3. The summed E-state index contributed by atoms with van der Waals surface area (Å²) < 4.78 is 1.57. The van der Waals surface area contributed by atoms with Crippen LogP contribution in [-0.4, -0.2) is 20.6 Å². The van der Waals surface area contributed by atoms with E-state index in [1.807, 2.05) is 6.92 Å². The molecule has 1 N–H and O–H groups in total. The van der Waals surface area contributed by atoms with Gasteiger partial charge in [0.15, 0.2) is 5.75 Å². The maximum atomic E-state index is 12.2. The molecule has 0 atom stereocenters. The Hall–Kier alpha value is -0.970. The van der Waals surface area contributed by atoms with Gasteiger partial charge in [0.1, 0.15) is 4.90 Å². The van der Waals surface area contributed by atoms with Gasteiger partial charge in [0.05, 0.1) is 12.2 Å². The molecule has 0 radical (unpaired) electrons. The third-order valence-electron chi connectivity index (χ3n) is 3.15. The van der Waals surface area contributed by atoms with E-state index < -0.39 is 0 Å². The molecule has 0 aromatic carbocycles. The Bertz CT molecular complexity index is 439. The fourth-order valence-corrected chi connectivity index (χ4v) is 3.01. The molecule has 1 aliphatic carbocycles. The van der Waals surface area contributed by atoms with Gasteiger partial charge >= 0.3 is 0 Å².